The summed E-state index contributed by atoms with van der Waals surface area (Å²) in [6.45, 7) is 5.38. The van der Waals surface area contributed by atoms with Crippen LogP contribution in [0.15, 0.2) is 11.8 Å². The molecule has 1 aliphatic rings. The lowest BCUT2D eigenvalue weighted by Crippen LogP contribution is -2.32. The van der Waals surface area contributed by atoms with Crippen molar-refractivity contribution in [3.05, 3.63) is 11.8 Å². The largest absolute Gasteiger partial charge is 0.456 e. The Hall–Kier alpha value is -1.52. The van der Waals surface area contributed by atoms with Gasteiger partial charge in [-0.15, -0.1) is 0 Å². The first-order valence-electron chi connectivity index (χ1n) is 4.24. The molecule has 1 N–H and O–H groups in total. The lowest BCUT2D eigenvalue weighted by Gasteiger charge is -2.19. The second-order valence-corrected chi connectivity index (χ2v) is 3.90. The maximum atomic E-state index is 11.2. The molecule has 1 amide bonds. The molecule has 0 aromatic rings. The van der Waals surface area contributed by atoms with E-state index in [4.69, 9.17) is 4.74 Å². The van der Waals surface area contributed by atoms with Crippen molar-refractivity contribution in [2.45, 2.75) is 26.4 Å². The second-order valence-electron chi connectivity index (χ2n) is 3.90. The number of esters is 1. The number of cyclic esters (lactones) is 1. The fourth-order valence-corrected chi connectivity index (χ4v) is 0.881. The number of alkyl carbamates (subject to hydrolysis) is 1. The van der Waals surface area contributed by atoms with E-state index in [1.54, 1.807) is 20.8 Å². The fraction of sp³-hybridized carbons (Fsp3) is 0.556. The third-order valence-corrected chi connectivity index (χ3v) is 1.32. The van der Waals surface area contributed by atoms with Crippen LogP contribution in [0.5, 0.6) is 0 Å². The molecule has 78 valence electrons. The Morgan fingerprint density at radius 1 is 1.57 bits per heavy atom. The van der Waals surface area contributed by atoms with Gasteiger partial charge in [-0.2, -0.15) is 0 Å². The van der Waals surface area contributed by atoms with Crippen LogP contribution in [0, 0.1) is 0 Å². The van der Waals surface area contributed by atoms with Crippen LogP contribution in [0.25, 0.3) is 0 Å². The van der Waals surface area contributed by atoms with Gasteiger partial charge in [-0.1, -0.05) is 0 Å². The van der Waals surface area contributed by atoms with Crippen LogP contribution in [0.1, 0.15) is 20.8 Å². The molecule has 0 bridgehead atoms. The van der Waals surface area contributed by atoms with Gasteiger partial charge in [0, 0.05) is 6.08 Å². The van der Waals surface area contributed by atoms with E-state index in [-0.39, 0.29) is 6.61 Å². The van der Waals surface area contributed by atoms with Crippen molar-refractivity contribution in [2.75, 3.05) is 6.61 Å². The van der Waals surface area contributed by atoms with E-state index in [9.17, 15) is 9.59 Å². The highest BCUT2D eigenvalue weighted by atomic mass is 16.6. The number of carbonyl (C=O) groups is 2. The van der Waals surface area contributed by atoms with E-state index < -0.39 is 17.7 Å². The summed E-state index contributed by atoms with van der Waals surface area (Å²) in [5.74, 6) is -0.448. The van der Waals surface area contributed by atoms with Gasteiger partial charge in [0.2, 0.25) is 0 Å². The van der Waals surface area contributed by atoms with Crippen molar-refractivity contribution in [1.29, 1.82) is 0 Å². The summed E-state index contributed by atoms with van der Waals surface area (Å²) >= 11 is 0. The predicted octanol–water partition coefficient (Wildman–Crippen LogP) is 0.952. The zero-order chi connectivity index (χ0) is 10.8. The minimum absolute atomic E-state index is 0.0953. The third kappa shape index (κ3) is 3.47. The standard InChI is InChI=1S/C9H13NO4/c1-9(2,3)14-8(12)10-6-4-7(11)13-5-6/h4H,5H2,1-3H3,(H,10,12). The predicted molar refractivity (Wildman–Crippen MR) is 48.4 cm³/mol. The molecule has 14 heavy (non-hydrogen) atoms. The highest BCUT2D eigenvalue weighted by Gasteiger charge is 2.19. The highest BCUT2D eigenvalue weighted by Crippen LogP contribution is 2.08. The van der Waals surface area contributed by atoms with E-state index in [1.807, 2.05) is 0 Å². The average Bonchev–Trinajstić information content (AvgIpc) is 2.30. The van der Waals surface area contributed by atoms with Gasteiger partial charge in [-0.25, -0.2) is 9.59 Å². The van der Waals surface area contributed by atoms with Gasteiger partial charge in [0.15, 0.2) is 0 Å². The van der Waals surface area contributed by atoms with Crippen LogP contribution in [-0.4, -0.2) is 24.3 Å². The molecule has 0 fully saturated rings. The lowest BCUT2D eigenvalue weighted by molar-refractivity contribution is -0.135. The van der Waals surface area contributed by atoms with Gasteiger partial charge in [0.1, 0.15) is 12.2 Å². The summed E-state index contributed by atoms with van der Waals surface area (Å²) in [6, 6.07) is 0. The summed E-state index contributed by atoms with van der Waals surface area (Å²) in [6.07, 6.45) is 0.645. The quantitative estimate of drug-likeness (QED) is 0.638. The van der Waals surface area contributed by atoms with Crippen LogP contribution in [-0.2, 0) is 14.3 Å². The molecule has 1 rings (SSSR count). The van der Waals surface area contributed by atoms with E-state index in [1.165, 1.54) is 6.08 Å². The van der Waals surface area contributed by atoms with E-state index in [0.29, 0.717) is 5.70 Å². The Kier molecular flexibility index (Phi) is 2.78. The number of ether oxygens (including phenoxy) is 2. The molecular weight excluding hydrogens is 186 g/mol. The summed E-state index contributed by atoms with van der Waals surface area (Å²) in [5, 5.41) is 2.42. The van der Waals surface area contributed by atoms with Gasteiger partial charge in [0.25, 0.3) is 0 Å². The van der Waals surface area contributed by atoms with Crippen LogP contribution in [0.2, 0.25) is 0 Å². The molecule has 0 aliphatic carbocycles. The SMILES string of the molecule is CC(C)(C)OC(=O)NC1=CC(=O)OC1. The maximum absolute atomic E-state index is 11.2. The summed E-state index contributed by atoms with van der Waals surface area (Å²) in [7, 11) is 0. The van der Waals surface area contributed by atoms with E-state index in [2.05, 4.69) is 10.1 Å². The molecular formula is C9H13NO4. The second kappa shape index (κ2) is 3.69. The zero-order valence-electron chi connectivity index (χ0n) is 8.42. The van der Waals surface area contributed by atoms with E-state index in [0.717, 1.165) is 0 Å². The summed E-state index contributed by atoms with van der Waals surface area (Å²) in [4.78, 5) is 21.8. The molecule has 0 aromatic carbocycles. The lowest BCUT2D eigenvalue weighted by atomic mass is 10.2. The minimum atomic E-state index is -0.581. The van der Waals surface area contributed by atoms with Crippen LogP contribution < -0.4 is 5.32 Å². The van der Waals surface area contributed by atoms with E-state index >= 15 is 0 Å². The first-order valence-corrected chi connectivity index (χ1v) is 4.24. The van der Waals surface area contributed by atoms with Gasteiger partial charge in [0.05, 0.1) is 5.70 Å². The van der Waals surface area contributed by atoms with Gasteiger partial charge < -0.3 is 9.47 Å². The van der Waals surface area contributed by atoms with Crippen molar-refractivity contribution in [2.24, 2.45) is 0 Å². The number of nitrogens with one attached hydrogen (secondary N) is 1. The first kappa shape index (κ1) is 10.6. The Morgan fingerprint density at radius 3 is 2.64 bits per heavy atom. The number of hydrogen-bond acceptors (Lipinski definition) is 4. The molecule has 0 unspecified atom stereocenters. The van der Waals surface area contributed by atoms with Crippen molar-refractivity contribution in [1.82, 2.24) is 5.32 Å². The molecule has 5 heteroatoms. The Balaban J connectivity index is 2.42. The monoisotopic (exact) mass is 199 g/mol. The van der Waals surface area contributed by atoms with Gasteiger partial charge >= 0.3 is 12.1 Å². The first-order chi connectivity index (χ1) is 6.37. The topological polar surface area (TPSA) is 64.6 Å². The number of hydrogen-bond donors (Lipinski definition) is 1. The molecule has 0 spiro atoms. The average molecular weight is 199 g/mol. The Labute approximate surface area is 82.1 Å². The maximum Gasteiger partial charge on any atom is 0.412 e. The Bertz CT molecular complexity index is 288. The molecule has 0 aromatic heterocycles. The summed E-state index contributed by atoms with van der Waals surface area (Å²) < 4.78 is 9.57. The van der Waals surface area contributed by atoms with Crippen LogP contribution in [0.4, 0.5) is 4.79 Å². The molecule has 0 radical (unpaired) electrons. The Morgan fingerprint density at radius 2 is 2.21 bits per heavy atom. The minimum Gasteiger partial charge on any atom is -0.456 e. The number of carbonyl (C=O) groups excluding carboxylic acids is 2. The molecule has 0 atom stereocenters. The van der Waals surface area contributed by atoms with Crippen molar-refractivity contribution >= 4 is 12.1 Å². The molecule has 1 heterocycles. The smallest absolute Gasteiger partial charge is 0.412 e. The molecule has 1 aliphatic heterocycles. The zero-order valence-corrected chi connectivity index (χ0v) is 8.42. The molecule has 5 nitrogen and oxygen atoms in total. The number of amides is 1. The third-order valence-electron chi connectivity index (χ3n) is 1.32. The molecule has 0 saturated heterocycles. The van der Waals surface area contributed by atoms with Crippen molar-refractivity contribution < 1.29 is 19.1 Å². The normalized spacial score (nSPS) is 15.9. The summed E-state index contributed by atoms with van der Waals surface area (Å²) in [5.41, 5.74) is -0.127. The van der Waals surface area contributed by atoms with Crippen molar-refractivity contribution in [3.63, 3.8) is 0 Å². The van der Waals surface area contributed by atoms with Gasteiger partial charge in [-0.3, -0.25) is 5.32 Å². The van der Waals surface area contributed by atoms with Crippen molar-refractivity contribution in [3.8, 4) is 0 Å². The van der Waals surface area contributed by atoms with Gasteiger partial charge in [-0.05, 0) is 20.8 Å². The highest BCUT2D eigenvalue weighted by molar-refractivity contribution is 5.86. The van der Waals surface area contributed by atoms with Crippen LogP contribution >= 0.6 is 0 Å². The fourth-order valence-electron chi connectivity index (χ4n) is 0.881. The van der Waals surface area contributed by atoms with Crippen LogP contribution in [0.3, 0.4) is 0 Å². The number of rotatable bonds is 1. The molecule has 0 saturated carbocycles.